The van der Waals surface area contributed by atoms with Crippen LogP contribution in [0.2, 0.25) is 25.7 Å². The summed E-state index contributed by atoms with van der Waals surface area (Å²) in [5.41, 5.74) is 1.59. The number of carbonyl (C=O) groups excluding carboxylic acids is 2. The van der Waals surface area contributed by atoms with Gasteiger partial charge < -0.3 is 24.0 Å². The van der Waals surface area contributed by atoms with Gasteiger partial charge in [-0.05, 0) is 53.1 Å². The highest BCUT2D eigenvalue weighted by Gasteiger charge is 2.39. The van der Waals surface area contributed by atoms with Gasteiger partial charge in [-0.15, -0.1) is 0 Å². The van der Waals surface area contributed by atoms with Crippen molar-refractivity contribution in [2.45, 2.75) is 85.1 Å². The quantitative estimate of drug-likeness (QED) is 0.324. The van der Waals surface area contributed by atoms with Crippen molar-refractivity contribution in [2.24, 2.45) is 5.92 Å². The molecule has 1 atom stereocenters. The van der Waals surface area contributed by atoms with E-state index in [4.69, 9.17) is 19.3 Å². The molecule has 2 heterocycles. The fraction of sp³-hybridized carbons (Fsp3) is 0.690. The maximum Gasteiger partial charge on any atom is 0.410 e. The van der Waals surface area contributed by atoms with Gasteiger partial charge in [0.15, 0.2) is 0 Å². The largest absolute Gasteiger partial charge is 0.444 e. The molecule has 0 N–H and O–H groups in total. The van der Waals surface area contributed by atoms with E-state index in [0.29, 0.717) is 26.5 Å². The van der Waals surface area contributed by atoms with Crippen molar-refractivity contribution in [3.63, 3.8) is 0 Å². The van der Waals surface area contributed by atoms with Crippen LogP contribution in [0, 0.1) is 12.8 Å². The Labute approximate surface area is 234 Å². The van der Waals surface area contributed by atoms with Gasteiger partial charge in [0.25, 0.3) is 0 Å². The number of aromatic nitrogens is 2. The van der Waals surface area contributed by atoms with Crippen LogP contribution < -0.4 is 0 Å². The Morgan fingerprint density at radius 2 is 1.87 bits per heavy atom. The van der Waals surface area contributed by atoms with E-state index in [1.165, 1.54) is 0 Å². The smallest absolute Gasteiger partial charge is 0.410 e. The summed E-state index contributed by atoms with van der Waals surface area (Å²) in [7, 11) is 0.604. The van der Waals surface area contributed by atoms with Crippen LogP contribution in [0.25, 0.3) is 10.9 Å². The van der Waals surface area contributed by atoms with E-state index < -0.39 is 31.2 Å². The molecule has 0 spiro atoms. The molecule has 3 rings (SSSR count). The zero-order chi connectivity index (χ0) is 29.2. The minimum atomic E-state index is -1.20. The fourth-order valence-electron chi connectivity index (χ4n) is 4.65. The lowest BCUT2D eigenvalue weighted by atomic mass is 9.93. The molecular formula is C29H48N4O5Si. The van der Waals surface area contributed by atoms with E-state index in [1.54, 1.807) is 16.8 Å². The van der Waals surface area contributed by atoms with E-state index in [9.17, 15) is 9.59 Å². The Morgan fingerprint density at radius 1 is 1.18 bits per heavy atom. The highest BCUT2D eigenvalue weighted by molar-refractivity contribution is 6.76. The molecule has 10 heteroatoms. The summed E-state index contributed by atoms with van der Waals surface area (Å²) >= 11 is 0. The number of hydrogen-bond donors (Lipinski definition) is 0. The van der Waals surface area contributed by atoms with Gasteiger partial charge in [0.05, 0.1) is 35.9 Å². The van der Waals surface area contributed by atoms with Gasteiger partial charge in [0, 0.05) is 40.2 Å². The molecule has 0 aliphatic carbocycles. The molecule has 218 valence electrons. The molecule has 1 aliphatic rings. The van der Waals surface area contributed by atoms with Gasteiger partial charge in [-0.1, -0.05) is 37.8 Å². The summed E-state index contributed by atoms with van der Waals surface area (Å²) in [5.74, 6) is -0.610. The summed E-state index contributed by atoms with van der Waals surface area (Å²) < 4.78 is 19.3. The predicted octanol–water partition coefficient (Wildman–Crippen LogP) is 5.23. The van der Waals surface area contributed by atoms with Gasteiger partial charge >= 0.3 is 6.09 Å². The van der Waals surface area contributed by atoms with Gasteiger partial charge in [0.2, 0.25) is 5.91 Å². The first kappa shape index (κ1) is 31.1. The van der Waals surface area contributed by atoms with Crippen LogP contribution in [0.4, 0.5) is 4.79 Å². The maximum absolute atomic E-state index is 13.9. The third-order valence-electron chi connectivity index (χ3n) is 7.20. The molecule has 1 aromatic carbocycles. The molecule has 1 aromatic heterocycles. The predicted molar refractivity (Wildman–Crippen MR) is 156 cm³/mol. The highest BCUT2D eigenvalue weighted by atomic mass is 28.3. The Kier molecular flexibility index (Phi) is 9.55. The number of ether oxygens (including phenoxy) is 3. The van der Waals surface area contributed by atoms with Crippen LogP contribution in [-0.4, -0.2) is 85.2 Å². The van der Waals surface area contributed by atoms with E-state index in [-0.39, 0.29) is 19.1 Å². The third kappa shape index (κ3) is 7.82. The Balaban J connectivity index is 1.84. The fourth-order valence-corrected chi connectivity index (χ4v) is 5.41. The summed E-state index contributed by atoms with van der Waals surface area (Å²) in [5, 5.41) is 6.00. The first-order valence-electron chi connectivity index (χ1n) is 13.9. The van der Waals surface area contributed by atoms with Gasteiger partial charge in [0.1, 0.15) is 12.3 Å². The van der Waals surface area contributed by atoms with Crippen molar-refractivity contribution in [2.75, 3.05) is 40.0 Å². The second kappa shape index (κ2) is 12.0. The molecule has 1 unspecified atom stereocenters. The molecule has 0 bridgehead atoms. The molecule has 9 nitrogen and oxygen atoms in total. The van der Waals surface area contributed by atoms with E-state index in [0.717, 1.165) is 28.2 Å². The first-order valence-corrected chi connectivity index (χ1v) is 17.6. The normalized spacial score (nSPS) is 17.3. The number of para-hydroxylation sites is 1. The molecule has 0 saturated carbocycles. The van der Waals surface area contributed by atoms with Gasteiger partial charge in [-0.25, -0.2) is 9.48 Å². The molecule has 0 radical (unpaired) electrons. The number of carbonyl (C=O) groups is 2. The lowest BCUT2D eigenvalue weighted by Crippen LogP contribution is -2.49. The summed E-state index contributed by atoms with van der Waals surface area (Å²) in [6.07, 6.45) is -0.429. The van der Waals surface area contributed by atoms with Crippen molar-refractivity contribution in [3.05, 3.63) is 29.5 Å². The van der Waals surface area contributed by atoms with Crippen molar-refractivity contribution >= 4 is 31.0 Å². The number of hydrogen-bond acceptors (Lipinski definition) is 6. The molecule has 1 saturated heterocycles. The zero-order valence-corrected chi connectivity index (χ0v) is 26.6. The number of aryl methyl sites for hydroxylation is 1. The van der Waals surface area contributed by atoms with Crippen molar-refractivity contribution in [3.8, 4) is 0 Å². The number of rotatable bonds is 8. The second-order valence-electron chi connectivity index (χ2n) is 13.3. The average Bonchev–Trinajstić information content (AvgIpc) is 3.02. The molecule has 2 aromatic rings. The molecule has 1 fully saturated rings. The number of amides is 2. The van der Waals surface area contributed by atoms with Crippen molar-refractivity contribution in [1.29, 1.82) is 0 Å². The maximum atomic E-state index is 13.9. The van der Waals surface area contributed by atoms with Crippen molar-refractivity contribution < 1.29 is 23.8 Å². The summed E-state index contributed by atoms with van der Waals surface area (Å²) in [6, 6.07) is 7.24. The van der Waals surface area contributed by atoms with Gasteiger partial charge in [-0.3, -0.25) is 4.79 Å². The SMILES string of the molecule is Cc1cccc2c(C(C)(C)N(C)C(=O)C3COCCN(C(=O)OC(C)(C)C)C3)nn(COCC[Si](C)(C)C)c12. The van der Waals surface area contributed by atoms with Crippen LogP contribution in [0.5, 0.6) is 0 Å². The Morgan fingerprint density at radius 3 is 2.51 bits per heavy atom. The van der Waals surface area contributed by atoms with Crippen LogP contribution in [0.15, 0.2) is 18.2 Å². The number of benzene rings is 1. The van der Waals surface area contributed by atoms with Crippen LogP contribution in [0.3, 0.4) is 0 Å². The minimum absolute atomic E-state index is 0.0998. The van der Waals surface area contributed by atoms with E-state index in [1.807, 2.05) is 45.4 Å². The topological polar surface area (TPSA) is 86.1 Å². The first-order chi connectivity index (χ1) is 18.0. The Bertz CT molecular complexity index is 1160. The average molecular weight is 561 g/mol. The highest BCUT2D eigenvalue weighted by Crippen LogP contribution is 2.34. The minimum Gasteiger partial charge on any atom is -0.444 e. The number of nitrogens with zero attached hydrogens (tertiary/aromatic N) is 4. The molecular weight excluding hydrogens is 512 g/mol. The zero-order valence-electron chi connectivity index (χ0n) is 25.6. The van der Waals surface area contributed by atoms with Crippen LogP contribution in [-0.2, 0) is 31.3 Å². The summed E-state index contributed by atoms with van der Waals surface area (Å²) in [4.78, 5) is 29.9. The van der Waals surface area contributed by atoms with E-state index >= 15 is 0 Å². The van der Waals surface area contributed by atoms with Gasteiger partial charge in [-0.2, -0.15) is 5.10 Å². The number of fused-ring (bicyclic) bond motifs is 1. The molecule has 1 aliphatic heterocycles. The molecule has 39 heavy (non-hydrogen) atoms. The lowest BCUT2D eigenvalue weighted by Gasteiger charge is -2.37. The third-order valence-corrected chi connectivity index (χ3v) is 8.90. The second-order valence-corrected chi connectivity index (χ2v) is 18.9. The van der Waals surface area contributed by atoms with Crippen molar-refractivity contribution in [1.82, 2.24) is 19.6 Å². The van der Waals surface area contributed by atoms with Crippen LogP contribution >= 0.6 is 0 Å². The Hall–Kier alpha value is -2.43. The lowest BCUT2D eigenvalue weighted by molar-refractivity contribution is -0.141. The van der Waals surface area contributed by atoms with E-state index in [2.05, 4.69) is 38.7 Å². The monoisotopic (exact) mass is 560 g/mol. The van der Waals surface area contributed by atoms with Crippen LogP contribution in [0.1, 0.15) is 45.9 Å². The standard InChI is InChI=1S/C29H48N4O5Si/c1-21-12-11-13-23-24(21)33(20-37-16-17-39(8,9)10)30-25(23)29(5,6)31(7)26(34)22-18-32(14-15-36-19-22)27(35)38-28(2,3)4/h11-13,22H,14-20H2,1-10H3. The summed E-state index contributed by atoms with van der Waals surface area (Å²) in [6.45, 7) is 20.9. The molecule has 2 amide bonds.